The minimum absolute atomic E-state index is 0.0778. The monoisotopic (exact) mass is 348 g/mol. The highest BCUT2D eigenvalue weighted by Gasteiger charge is 2.39. The standard InChI is InChI=1S/C19H24O6/c1-3-19(12-23-13-19)8-16(20)25-15-6-4-14(5-7-15)17(21)24-11-18(2)9-22-10-18/h4-7H,3,8-13H2,1-2H3. The minimum atomic E-state index is -0.387. The Morgan fingerprint density at radius 1 is 1.08 bits per heavy atom. The van der Waals surface area contributed by atoms with Crippen molar-refractivity contribution in [3.63, 3.8) is 0 Å². The summed E-state index contributed by atoms with van der Waals surface area (Å²) < 4.78 is 21.0. The number of ether oxygens (including phenoxy) is 4. The van der Waals surface area contributed by atoms with Gasteiger partial charge in [0.15, 0.2) is 0 Å². The number of hydrogen-bond acceptors (Lipinski definition) is 6. The molecule has 2 saturated heterocycles. The summed E-state index contributed by atoms with van der Waals surface area (Å²) in [6, 6.07) is 6.43. The highest BCUT2D eigenvalue weighted by Crippen LogP contribution is 2.35. The zero-order valence-corrected chi connectivity index (χ0v) is 14.7. The molecule has 136 valence electrons. The van der Waals surface area contributed by atoms with E-state index in [0.717, 1.165) is 6.42 Å². The van der Waals surface area contributed by atoms with Crippen molar-refractivity contribution in [1.29, 1.82) is 0 Å². The van der Waals surface area contributed by atoms with E-state index in [0.29, 0.717) is 50.8 Å². The first kappa shape index (κ1) is 17.9. The Bertz CT molecular complexity index is 622. The van der Waals surface area contributed by atoms with E-state index in [1.165, 1.54) is 0 Å². The molecule has 1 aromatic rings. The molecular formula is C19H24O6. The van der Waals surface area contributed by atoms with Gasteiger partial charge in [0.25, 0.3) is 0 Å². The molecule has 6 heteroatoms. The summed E-state index contributed by atoms with van der Waals surface area (Å²) in [4.78, 5) is 24.1. The predicted molar refractivity (Wildman–Crippen MR) is 89.4 cm³/mol. The normalized spacial score (nSPS) is 20.1. The zero-order valence-electron chi connectivity index (χ0n) is 14.7. The molecule has 25 heavy (non-hydrogen) atoms. The SMILES string of the molecule is CCC1(CC(=O)Oc2ccc(C(=O)OCC3(C)COC3)cc2)COC1. The van der Waals surface area contributed by atoms with E-state index in [1.54, 1.807) is 24.3 Å². The molecule has 6 nitrogen and oxygen atoms in total. The first-order valence-corrected chi connectivity index (χ1v) is 8.57. The van der Waals surface area contributed by atoms with Crippen molar-refractivity contribution >= 4 is 11.9 Å². The Balaban J connectivity index is 1.49. The molecule has 0 aliphatic carbocycles. The average molecular weight is 348 g/mol. The van der Waals surface area contributed by atoms with Crippen LogP contribution < -0.4 is 4.74 Å². The lowest BCUT2D eigenvalue weighted by atomic mass is 9.80. The average Bonchev–Trinajstić information content (AvgIpc) is 2.55. The fourth-order valence-electron chi connectivity index (χ4n) is 2.81. The molecule has 0 atom stereocenters. The molecule has 1 aromatic carbocycles. The highest BCUT2D eigenvalue weighted by atomic mass is 16.5. The summed E-state index contributed by atoms with van der Waals surface area (Å²) in [5, 5.41) is 0. The van der Waals surface area contributed by atoms with E-state index in [-0.39, 0.29) is 22.8 Å². The van der Waals surface area contributed by atoms with E-state index in [1.807, 2.05) is 13.8 Å². The Hall–Kier alpha value is -1.92. The number of benzene rings is 1. The maximum atomic E-state index is 12.1. The minimum Gasteiger partial charge on any atom is -0.461 e. The van der Waals surface area contributed by atoms with Crippen LogP contribution in [0, 0.1) is 10.8 Å². The van der Waals surface area contributed by atoms with Crippen molar-refractivity contribution in [1.82, 2.24) is 0 Å². The maximum absolute atomic E-state index is 12.1. The summed E-state index contributed by atoms with van der Waals surface area (Å²) in [5.74, 6) is -0.242. The van der Waals surface area contributed by atoms with Crippen molar-refractivity contribution in [3.05, 3.63) is 29.8 Å². The number of esters is 2. The Morgan fingerprint density at radius 2 is 1.72 bits per heavy atom. The molecule has 0 amide bonds. The fourth-order valence-corrected chi connectivity index (χ4v) is 2.81. The fraction of sp³-hybridized carbons (Fsp3) is 0.579. The lowest BCUT2D eigenvalue weighted by molar-refractivity contribution is -0.154. The summed E-state index contributed by atoms with van der Waals surface area (Å²) in [6.45, 7) is 6.83. The predicted octanol–water partition coefficient (Wildman–Crippen LogP) is 2.60. The smallest absolute Gasteiger partial charge is 0.338 e. The van der Waals surface area contributed by atoms with Crippen molar-refractivity contribution in [2.75, 3.05) is 33.0 Å². The molecule has 2 heterocycles. The van der Waals surface area contributed by atoms with Crippen LogP contribution in [0.15, 0.2) is 24.3 Å². The van der Waals surface area contributed by atoms with Crippen molar-refractivity contribution in [3.8, 4) is 5.75 Å². The van der Waals surface area contributed by atoms with E-state index in [9.17, 15) is 9.59 Å². The second-order valence-electron chi connectivity index (χ2n) is 7.40. The summed E-state index contributed by atoms with van der Waals surface area (Å²) in [6.07, 6.45) is 1.23. The molecule has 0 unspecified atom stereocenters. The van der Waals surface area contributed by atoms with Crippen LogP contribution in [0.2, 0.25) is 0 Å². The van der Waals surface area contributed by atoms with Gasteiger partial charge in [0.1, 0.15) is 12.4 Å². The van der Waals surface area contributed by atoms with Crippen LogP contribution in [0.1, 0.15) is 37.0 Å². The molecule has 2 aliphatic heterocycles. The molecule has 0 bridgehead atoms. The first-order chi connectivity index (χ1) is 11.9. The first-order valence-electron chi connectivity index (χ1n) is 8.57. The zero-order chi connectivity index (χ0) is 17.9. The number of carbonyl (C=O) groups excluding carboxylic acids is 2. The third-order valence-electron chi connectivity index (χ3n) is 4.86. The third kappa shape index (κ3) is 4.19. The van der Waals surface area contributed by atoms with Gasteiger partial charge in [-0.15, -0.1) is 0 Å². The maximum Gasteiger partial charge on any atom is 0.338 e. The van der Waals surface area contributed by atoms with Gasteiger partial charge in [0.2, 0.25) is 0 Å². The summed E-state index contributed by atoms with van der Waals surface area (Å²) in [7, 11) is 0. The molecule has 3 rings (SSSR count). The van der Waals surface area contributed by atoms with Crippen LogP contribution in [-0.4, -0.2) is 45.0 Å². The van der Waals surface area contributed by atoms with Gasteiger partial charge in [-0.25, -0.2) is 4.79 Å². The van der Waals surface area contributed by atoms with Crippen LogP contribution in [0.4, 0.5) is 0 Å². The van der Waals surface area contributed by atoms with Crippen LogP contribution in [0.3, 0.4) is 0 Å². The van der Waals surface area contributed by atoms with Gasteiger partial charge in [-0.1, -0.05) is 13.8 Å². The lowest BCUT2D eigenvalue weighted by Gasteiger charge is -2.39. The second-order valence-corrected chi connectivity index (χ2v) is 7.40. The van der Waals surface area contributed by atoms with Gasteiger partial charge in [0.05, 0.1) is 38.4 Å². The number of hydrogen-bond donors (Lipinski definition) is 0. The highest BCUT2D eigenvalue weighted by molar-refractivity contribution is 5.89. The molecule has 2 aliphatic rings. The van der Waals surface area contributed by atoms with E-state index >= 15 is 0 Å². The largest absolute Gasteiger partial charge is 0.461 e. The van der Waals surface area contributed by atoms with Gasteiger partial charge in [-0.2, -0.15) is 0 Å². The molecule has 0 radical (unpaired) electrons. The topological polar surface area (TPSA) is 71.1 Å². The van der Waals surface area contributed by atoms with Crippen molar-refractivity contribution in [2.24, 2.45) is 10.8 Å². The second kappa shape index (κ2) is 7.14. The van der Waals surface area contributed by atoms with Gasteiger partial charge >= 0.3 is 11.9 Å². The quantitative estimate of drug-likeness (QED) is 0.557. The molecule has 0 N–H and O–H groups in total. The van der Waals surface area contributed by atoms with E-state index in [4.69, 9.17) is 18.9 Å². The lowest BCUT2D eigenvalue weighted by Crippen LogP contribution is -2.44. The number of carbonyl (C=O) groups is 2. The molecular weight excluding hydrogens is 324 g/mol. The molecule has 0 spiro atoms. The third-order valence-corrected chi connectivity index (χ3v) is 4.86. The van der Waals surface area contributed by atoms with Crippen LogP contribution >= 0.6 is 0 Å². The van der Waals surface area contributed by atoms with Crippen LogP contribution in [0.25, 0.3) is 0 Å². The summed E-state index contributed by atoms with van der Waals surface area (Å²) >= 11 is 0. The van der Waals surface area contributed by atoms with Gasteiger partial charge < -0.3 is 18.9 Å². The molecule has 0 aromatic heterocycles. The van der Waals surface area contributed by atoms with Crippen molar-refractivity contribution < 1.29 is 28.5 Å². The van der Waals surface area contributed by atoms with E-state index in [2.05, 4.69) is 0 Å². The Morgan fingerprint density at radius 3 is 2.20 bits per heavy atom. The molecule has 2 fully saturated rings. The van der Waals surface area contributed by atoms with Crippen LogP contribution in [-0.2, 0) is 19.0 Å². The van der Waals surface area contributed by atoms with Gasteiger partial charge in [0, 0.05) is 10.8 Å². The Labute approximate surface area is 147 Å². The summed E-state index contributed by atoms with van der Waals surface area (Å²) in [5.41, 5.74) is 0.273. The Kier molecular flexibility index (Phi) is 5.11. The van der Waals surface area contributed by atoms with E-state index < -0.39 is 0 Å². The molecule has 0 saturated carbocycles. The van der Waals surface area contributed by atoms with Crippen LogP contribution in [0.5, 0.6) is 5.75 Å². The van der Waals surface area contributed by atoms with Gasteiger partial charge in [-0.3, -0.25) is 4.79 Å². The van der Waals surface area contributed by atoms with Gasteiger partial charge in [-0.05, 0) is 30.7 Å². The number of rotatable bonds is 7. The van der Waals surface area contributed by atoms with Crippen molar-refractivity contribution in [2.45, 2.75) is 26.7 Å².